The lowest BCUT2D eigenvalue weighted by molar-refractivity contribution is -0.385. The van der Waals surface area contributed by atoms with E-state index in [9.17, 15) is 10.1 Å². The first-order valence-corrected chi connectivity index (χ1v) is 11.1. The molecule has 0 atom stereocenters. The summed E-state index contributed by atoms with van der Waals surface area (Å²) in [4.78, 5) is 21.9. The number of aromatic nitrogens is 1. The van der Waals surface area contributed by atoms with Crippen LogP contribution in [0, 0.1) is 10.1 Å². The Morgan fingerprint density at radius 1 is 1.03 bits per heavy atom. The minimum Gasteiger partial charge on any atom is -0.258 e. The molecule has 2 aromatic heterocycles. The van der Waals surface area contributed by atoms with Crippen molar-refractivity contribution >= 4 is 49.8 Å². The normalized spacial score (nSPS) is 13.8. The maximum Gasteiger partial charge on any atom is 0.278 e. The lowest BCUT2D eigenvalue weighted by atomic mass is 9.96. The molecule has 7 heteroatoms. The summed E-state index contributed by atoms with van der Waals surface area (Å²) in [6.45, 7) is 0. The Morgan fingerprint density at radius 3 is 2.69 bits per heavy atom. The van der Waals surface area contributed by atoms with Crippen LogP contribution >= 0.6 is 22.7 Å². The Labute approximate surface area is 175 Å². The van der Waals surface area contributed by atoms with Crippen LogP contribution in [0.4, 0.5) is 10.7 Å². The molecule has 0 fully saturated rings. The van der Waals surface area contributed by atoms with Gasteiger partial charge in [-0.25, -0.2) is 9.98 Å². The largest absolute Gasteiger partial charge is 0.278 e. The van der Waals surface area contributed by atoms with Crippen LogP contribution < -0.4 is 0 Å². The number of nitro groups is 1. The third-order valence-corrected chi connectivity index (χ3v) is 7.37. The monoisotopic (exact) mass is 419 g/mol. The zero-order valence-electron chi connectivity index (χ0n) is 15.5. The highest BCUT2D eigenvalue weighted by Gasteiger charge is 2.24. The standard InChI is InChI=1S/C22H17N3O2S2/c26-25(27)17-10-4-1-7-14(17)13-23-21-20(15-8-2-5-11-18(15)28-21)22-24-16-9-3-6-12-19(16)29-22/h1,3-4,6-7,9-10,12-13H,2,5,8,11H2/b23-13+. The van der Waals surface area contributed by atoms with E-state index in [4.69, 9.17) is 9.98 Å². The van der Waals surface area contributed by atoms with Crippen molar-refractivity contribution in [2.75, 3.05) is 0 Å². The number of para-hydroxylation sites is 2. The zero-order valence-corrected chi connectivity index (χ0v) is 17.1. The fraction of sp³-hybridized carbons (Fsp3) is 0.182. The van der Waals surface area contributed by atoms with E-state index in [0.29, 0.717) is 5.56 Å². The lowest BCUT2D eigenvalue weighted by Gasteiger charge is -2.11. The van der Waals surface area contributed by atoms with Crippen molar-refractivity contribution in [2.24, 2.45) is 4.99 Å². The smallest absolute Gasteiger partial charge is 0.258 e. The van der Waals surface area contributed by atoms with Crippen molar-refractivity contribution in [3.63, 3.8) is 0 Å². The van der Waals surface area contributed by atoms with Crippen LogP contribution in [0.15, 0.2) is 53.5 Å². The number of hydrogen-bond acceptors (Lipinski definition) is 6. The van der Waals surface area contributed by atoms with Gasteiger partial charge in [-0.2, -0.15) is 0 Å². The molecule has 0 bridgehead atoms. The minimum absolute atomic E-state index is 0.0686. The molecular formula is C22H17N3O2S2. The summed E-state index contributed by atoms with van der Waals surface area (Å²) in [7, 11) is 0. The first-order valence-electron chi connectivity index (χ1n) is 9.48. The molecule has 0 aliphatic heterocycles. The summed E-state index contributed by atoms with van der Waals surface area (Å²) < 4.78 is 1.16. The number of aryl methyl sites for hydroxylation is 1. The molecule has 4 aromatic rings. The Morgan fingerprint density at radius 2 is 1.83 bits per heavy atom. The van der Waals surface area contributed by atoms with E-state index < -0.39 is 0 Å². The topological polar surface area (TPSA) is 68.4 Å². The number of rotatable bonds is 4. The van der Waals surface area contributed by atoms with E-state index in [2.05, 4.69) is 6.07 Å². The Bertz CT molecular complexity index is 1220. The average Bonchev–Trinajstić information content (AvgIpc) is 3.32. The molecule has 1 aliphatic rings. The van der Waals surface area contributed by atoms with Gasteiger partial charge in [0.05, 0.1) is 26.3 Å². The summed E-state index contributed by atoms with van der Waals surface area (Å²) >= 11 is 3.38. The Hall–Kier alpha value is -2.90. The molecular weight excluding hydrogens is 402 g/mol. The molecule has 29 heavy (non-hydrogen) atoms. The van der Waals surface area contributed by atoms with Crippen LogP contribution in [-0.4, -0.2) is 16.1 Å². The van der Waals surface area contributed by atoms with Gasteiger partial charge in [-0.05, 0) is 49.4 Å². The zero-order chi connectivity index (χ0) is 19.8. The maximum absolute atomic E-state index is 11.3. The van der Waals surface area contributed by atoms with Crippen molar-refractivity contribution in [1.82, 2.24) is 4.98 Å². The van der Waals surface area contributed by atoms with E-state index in [1.54, 1.807) is 47.1 Å². The number of nitro benzene ring substituents is 1. The van der Waals surface area contributed by atoms with E-state index in [1.165, 1.54) is 29.3 Å². The highest BCUT2D eigenvalue weighted by molar-refractivity contribution is 7.22. The molecule has 0 saturated carbocycles. The first kappa shape index (κ1) is 18.1. The van der Waals surface area contributed by atoms with Gasteiger partial charge >= 0.3 is 0 Å². The fourth-order valence-corrected chi connectivity index (χ4v) is 6.07. The lowest BCUT2D eigenvalue weighted by Crippen LogP contribution is -1.99. The summed E-state index contributed by atoms with van der Waals surface area (Å²) in [6.07, 6.45) is 6.10. The molecule has 0 spiro atoms. The Balaban J connectivity index is 1.64. The number of thiophene rings is 1. The highest BCUT2D eigenvalue weighted by atomic mass is 32.1. The van der Waals surface area contributed by atoms with Crippen molar-refractivity contribution < 1.29 is 4.92 Å². The Kier molecular flexibility index (Phi) is 4.69. The van der Waals surface area contributed by atoms with Gasteiger partial charge in [0.15, 0.2) is 0 Å². The van der Waals surface area contributed by atoms with Crippen molar-refractivity contribution in [3.05, 3.63) is 74.6 Å². The summed E-state index contributed by atoms with van der Waals surface area (Å²) in [5, 5.41) is 13.2. The predicted octanol–water partition coefficient (Wildman–Crippen LogP) is 6.56. The van der Waals surface area contributed by atoms with Gasteiger partial charge in [0.25, 0.3) is 5.69 Å². The van der Waals surface area contributed by atoms with Crippen LogP contribution in [0.2, 0.25) is 0 Å². The quantitative estimate of drug-likeness (QED) is 0.214. The van der Waals surface area contributed by atoms with Gasteiger partial charge in [-0.1, -0.05) is 24.3 Å². The number of fused-ring (bicyclic) bond motifs is 2. The SMILES string of the molecule is O=[N+]([O-])c1ccccc1/C=N/c1sc2c(c1-c1nc3ccccc3s1)CCCC2. The van der Waals surface area contributed by atoms with E-state index in [-0.39, 0.29) is 10.6 Å². The molecule has 1 aliphatic carbocycles. The van der Waals surface area contributed by atoms with Crippen molar-refractivity contribution in [1.29, 1.82) is 0 Å². The van der Waals surface area contributed by atoms with Gasteiger partial charge in [-0.3, -0.25) is 10.1 Å². The van der Waals surface area contributed by atoms with Crippen LogP contribution in [0.25, 0.3) is 20.8 Å². The van der Waals surface area contributed by atoms with Crippen LogP contribution in [0.5, 0.6) is 0 Å². The fourth-order valence-electron chi connectivity index (χ4n) is 3.73. The molecule has 2 heterocycles. The summed E-state index contributed by atoms with van der Waals surface area (Å²) in [6, 6.07) is 14.9. The second-order valence-electron chi connectivity index (χ2n) is 6.95. The van der Waals surface area contributed by atoms with Crippen LogP contribution in [0.3, 0.4) is 0 Å². The van der Waals surface area contributed by atoms with E-state index in [1.807, 2.05) is 18.2 Å². The third kappa shape index (κ3) is 3.36. The molecule has 0 unspecified atom stereocenters. The van der Waals surface area contributed by atoms with E-state index in [0.717, 1.165) is 38.6 Å². The molecule has 144 valence electrons. The van der Waals surface area contributed by atoms with Gasteiger partial charge in [0.1, 0.15) is 10.0 Å². The highest BCUT2D eigenvalue weighted by Crippen LogP contribution is 2.47. The number of thiazole rings is 1. The summed E-state index contributed by atoms with van der Waals surface area (Å²) in [5.41, 5.74) is 4.05. The second-order valence-corrected chi connectivity index (χ2v) is 9.07. The van der Waals surface area contributed by atoms with E-state index >= 15 is 0 Å². The third-order valence-electron chi connectivity index (χ3n) is 5.11. The van der Waals surface area contributed by atoms with Gasteiger partial charge < -0.3 is 0 Å². The van der Waals surface area contributed by atoms with Crippen LogP contribution in [0.1, 0.15) is 28.8 Å². The molecule has 2 aromatic carbocycles. The van der Waals surface area contributed by atoms with Crippen LogP contribution in [-0.2, 0) is 12.8 Å². The van der Waals surface area contributed by atoms with Crippen molar-refractivity contribution in [2.45, 2.75) is 25.7 Å². The molecule has 5 rings (SSSR count). The predicted molar refractivity (Wildman–Crippen MR) is 120 cm³/mol. The number of nitrogens with zero attached hydrogens (tertiary/aromatic N) is 3. The molecule has 0 saturated heterocycles. The first-order chi connectivity index (χ1) is 14.2. The summed E-state index contributed by atoms with van der Waals surface area (Å²) in [5.74, 6) is 0. The van der Waals surface area contributed by atoms with Gasteiger partial charge in [-0.15, -0.1) is 22.7 Å². The van der Waals surface area contributed by atoms with Crippen molar-refractivity contribution in [3.8, 4) is 10.6 Å². The van der Waals surface area contributed by atoms with Gasteiger partial charge in [0, 0.05) is 17.2 Å². The number of hydrogen-bond donors (Lipinski definition) is 0. The average molecular weight is 420 g/mol. The second kappa shape index (κ2) is 7.50. The molecule has 5 nitrogen and oxygen atoms in total. The molecule has 0 radical (unpaired) electrons. The number of benzene rings is 2. The minimum atomic E-state index is -0.366. The van der Waals surface area contributed by atoms with Gasteiger partial charge in [0.2, 0.25) is 0 Å². The number of aliphatic imine (C=N–C) groups is 1. The maximum atomic E-state index is 11.3. The molecule has 0 N–H and O–H groups in total. The molecule has 0 amide bonds.